The van der Waals surface area contributed by atoms with Crippen LogP contribution in [-0.4, -0.2) is 23.5 Å². The summed E-state index contributed by atoms with van der Waals surface area (Å²) in [6.07, 6.45) is 3.61. The standard InChI is InChI=1S/C14H18FN3O/c1-11-3-4-14(15)12(7-11)8-16-13-9-17-18(10-13)5-6-19-2/h3-4,7,9-10,16H,5-6,8H2,1-2H3. The van der Waals surface area contributed by atoms with Crippen molar-refractivity contribution in [2.75, 3.05) is 19.0 Å². The first kappa shape index (κ1) is 13.5. The third-order valence-electron chi connectivity index (χ3n) is 2.84. The van der Waals surface area contributed by atoms with E-state index in [-0.39, 0.29) is 5.82 Å². The Labute approximate surface area is 112 Å². The van der Waals surface area contributed by atoms with Crippen LogP contribution in [0.3, 0.4) is 0 Å². The molecule has 0 saturated carbocycles. The van der Waals surface area contributed by atoms with Gasteiger partial charge in [0.1, 0.15) is 5.82 Å². The minimum Gasteiger partial charge on any atom is -0.383 e. The zero-order valence-corrected chi connectivity index (χ0v) is 11.2. The van der Waals surface area contributed by atoms with Crippen molar-refractivity contribution in [3.05, 3.63) is 47.5 Å². The molecule has 0 saturated heterocycles. The van der Waals surface area contributed by atoms with Crippen molar-refractivity contribution in [1.82, 2.24) is 9.78 Å². The van der Waals surface area contributed by atoms with Crippen LogP contribution in [0.4, 0.5) is 10.1 Å². The van der Waals surface area contributed by atoms with E-state index in [4.69, 9.17) is 4.74 Å². The molecule has 2 aromatic rings. The summed E-state index contributed by atoms with van der Waals surface area (Å²) in [5, 5.41) is 7.35. The van der Waals surface area contributed by atoms with E-state index >= 15 is 0 Å². The van der Waals surface area contributed by atoms with E-state index in [1.807, 2.05) is 19.2 Å². The lowest BCUT2D eigenvalue weighted by molar-refractivity contribution is 0.183. The molecule has 0 fully saturated rings. The van der Waals surface area contributed by atoms with Crippen LogP contribution >= 0.6 is 0 Å². The van der Waals surface area contributed by atoms with Gasteiger partial charge < -0.3 is 10.1 Å². The van der Waals surface area contributed by atoms with Gasteiger partial charge in [0.15, 0.2) is 0 Å². The number of nitrogens with zero attached hydrogens (tertiary/aromatic N) is 2. The lowest BCUT2D eigenvalue weighted by atomic mass is 10.1. The smallest absolute Gasteiger partial charge is 0.128 e. The van der Waals surface area contributed by atoms with Crippen molar-refractivity contribution < 1.29 is 9.13 Å². The maximum Gasteiger partial charge on any atom is 0.128 e. The van der Waals surface area contributed by atoms with Gasteiger partial charge in [0, 0.05) is 25.4 Å². The second-order valence-electron chi connectivity index (χ2n) is 4.43. The van der Waals surface area contributed by atoms with Crippen molar-refractivity contribution in [1.29, 1.82) is 0 Å². The predicted octanol–water partition coefficient (Wildman–Crippen LogP) is 2.59. The summed E-state index contributed by atoms with van der Waals surface area (Å²) in [5.41, 5.74) is 2.58. The maximum absolute atomic E-state index is 13.6. The molecule has 1 aromatic heterocycles. The molecule has 0 aliphatic carbocycles. The number of nitrogens with one attached hydrogen (secondary N) is 1. The van der Waals surface area contributed by atoms with Crippen LogP contribution in [0.2, 0.25) is 0 Å². The van der Waals surface area contributed by atoms with Gasteiger partial charge in [-0.2, -0.15) is 5.10 Å². The number of anilines is 1. The number of aromatic nitrogens is 2. The summed E-state index contributed by atoms with van der Waals surface area (Å²) in [4.78, 5) is 0. The zero-order valence-electron chi connectivity index (χ0n) is 11.2. The molecule has 0 bridgehead atoms. The molecule has 0 spiro atoms. The van der Waals surface area contributed by atoms with Crippen LogP contribution in [0.15, 0.2) is 30.6 Å². The van der Waals surface area contributed by atoms with E-state index in [2.05, 4.69) is 10.4 Å². The molecular formula is C14H18FN3O. The van der Waals surface area contributed by atoms with E-state index in [0.717, 1.165) is 11.3 Å². The van der Waals surface area contributed by atoms with E-state index in [9.17, 15) is 4.39 Å². The third-order valence-corrected chi connectivity index (χ3v) is 2.84. The minimum absolute atomic E-state index is 0.190. The molecule has 4 nitrogen and oxygen atoms in total. The molecule has 0 aliphatic heterocycles. The van der Waals surface area contributed by atoms with Gasteiger partial charge in [0.05, 0.1) is 25.0 Å². The second kappa shape index (κ2) is 6.33. The second-order valence-corrected chi connectivity index (χ2v) is 4.43. The average Bonchev–Trinajstić information content (AvgIpc) is 2.85. The Morgan fingerprint density at radius 2 is 2.26 bits per heavy atom. The van der Waals surface area contributed by atoms with Crippen LogP contribution in [0, 0.1) is 12.7 Å². The molecule has 102 valence electrons. The summed E-state index contributed by atoms with van der Waals surface area (Å²) in [7, 11) is 1.66. The number of rotatable bonds is 6. The SMILES string of the molecule is COCCn1cc(NCc2cc(C)ccc2F)cn1. The van der Waals surface area contributed by atoms with E-state index < -0.39 is 0 Å². The maximum atomic E-state index is 13.6. The van der Waals surface area contributed by atoms with Crippen molar-refractivity contribution in [2.24, 2.45) is 0 Å². The molecule has 0 radical (unpaired) electrons. The van der Waals surface area contributed by atoms with Crippen LogP contribution in [-0.2, 0) is 17.8 Å². The van der Waals surface area contributed by atoms with Gasteiger partial charge in [-0.05, 0) is 13.0 Å². The van der Waals surface area contributed by atoms with E-state index in [0.29, 0.717) is 25.3 Å². The first-order valence-corrected chi connectivity index (χ1v) is 6.19. The highest BCUT2D eigenvalue weighted by Crippen LogP contribution is 2.13. The Bertz CT molecular complexity index is 539. The topological polar surface area (TPSA) is 39.1 Å². The Kier molecular flexibility index (Phi) is 4.52. The largest absolute Gasteiger partial charge is 0.383 e. The molecule has 1 N–H and O–H groups in total. The highest BCUT2D eigenvalue weighted by Gasteiger charge is 2.03. The normalized spacial score (nSPS) is 10.7. The Balaban J connectivity index is 1.94. The van der Waals surface area contributed by atoms with E-state index in [1.54, 1.807) is 24.1 Å². The van der Waals surface area contributed by atoms with Crippen LogP contribution in [0.1, 0.15) is 11.1 Å². The first-order valence-electron chi connectivity index (χ1n) is 6.19. The Morgan fingerprint density at radius 3 is 3.05 bits per heavy atom. The van der Waals surface area contributed by atoms with Gasteiger partial charge in [0.25, 0.3) is 0 Å². The summed E-state index contributed by atoms with van der Waals surface area (Å²) in [6.45, 7) is 3.72. The van der Waals surface area contributed by atoms with Crippen molar-refractivity contribution in [3.63, 3.8) is 0 Å². The van der Waals surface area contributed by atoms with E-state index in [1.165, 1.54) is 6.07 Å². The van der Waals surface area contributed by atoms with Gasteiger partial charge in [-0.3, -0.25) is 4.68 Å². The monoisotopic (exact) mass is 263 g/mol. The van der Waals surface area contributed by atoms with Crippen LogP contribution < -0.4 is 5.32 Å². The predicted molar refractivity (Wildman–Crippen MR) is 72.6 cm³/mol. The summed E-state index contributed by atoms with van der Waals surface area (Å²) < 4.78 is 20.3. The molecule has 1 aromatic carbocycles. The number of benzene rings is 1. The lowest BCUT2D eigenvalue weighted by Crippen LogP contribution is -2.04. The van der Waals surface area contributed by atoms with Gasteiger partial charge in [-0.25, -0.2) is 4.39 Å². The number of hydrogen-bond acceptors (Lipinski definition) is 3. The number of halogens is 1. The average molecular weight is 263 g/mol. The van der Waals surface area contributed by atoms with Crippen molar-refractivity contribution in [3.8, 4) is 0 Å². The molecule has 19 heavy (non-hydrogen) atoms. The quantitative estimate of drug-likeness (QED) is 0.870. The number of aryl methyl sites for hydroxylation is 1. The Morgan fingerprint density at radius 1 is 1.42 bits per heavy atom. The minimum atomic E-state index is -0.190. The molecule has 1 heterocycles. The van der Waals surface area contributed by atoms with Crippen molar-refractivity contribution in [2.45, 2.75) is 20.0 Å². The molecular weight excluding hydrogens is 245 g/mol. The molecule has 0 unspecified atom stereocenters. The molecule has 0 amide bonds. The van der Waals surface area contributed by atoms with Crippen LogP contribution in [0.5, 0.6) is 0 Å². The van der Waals surface area contributed by atoms with Gasteiger partial charge >= 0.3 is 0 Å². The summed E-state index contributed by atoms with van der Waals surface area (Å²) in [5.74, 6) is -0.190. The zero-order chi connectivity index (χ0) is 13.7. The first-order chi connectivity index (χ1) is 9.19. The Hall–Kier alpha value is -1.88. The van der Waals surface area contributed by atoms with Gasteiger partial charge in [-0.15, -0.1) is 0 Å². The number of ether oxygens (including phenoxy) is 1. The van der Waals surface area contributed by atoms with Crippen molar-refractivity contribution >= 4 is 5.69 Å². The van der Waals surface area contributed by atoms with Gasteiger partial charge in [0.2, 0.25) is 0 Å². The fraction of sp³-hybridized carbons (Fsp3) is 0.357. The number of methoxy groups -OCH3 is 1. The third kappa shape index (κ3) is 3.79. The molecule has 0 aliphatic rings. The number of hydrogen-bond donors (Lipinski definition) is 1. The molecule has 0 atom stereocenters. The fourth-order valence-corrected chi connectivity index (χ4v) is 1.80. The summed E-state index contributed by atoms with van der Waals surface area (Å²) in [6, 6.07) is 5.10. The highest BCUT2D eigenvalue weighted by molar-refractivity contribution is 5.39. The highest BCUT2D eigenvalue weighted by atomic mass is 19.1. The fourth-order valence-electron chi connectivity index (χ4n) is 1.80. The van der Waals surface area contributed by atoms with Gasteiger partial charge in [-0.1, -0.05) is 17.7 Å². The lowest BCUT2D eigenvalue weighted by Gasteiger charge is -2.06. The van der Waals surface area contributed by atoms with Crippen LogP contribution in [0.25, 0.3) is 0 Å². The molecule has 2 rings (SSSR count). The molecule has 5 heteroatoms. The summed E-state index contributed by atoms with van der Waals surface area (Å²) >= 11 is 0.